The van der Waals surface area contributed by atoms with Gasteiger partial charge in [-0.15, -0.1) is 11.8 Å². The van der Waals surface area contributed by atoms with Crippen molar-refractivity contribution < 1.29 is 9.59 Å². The van der Waals surface area contributed by atoms with Gasteiger partial charge < -0.3 is 5.32 Å². The molecule has 6 nitrogen and oxygen atoms in total. The lowest BCUT2D eigenvalue weighted by atomic mass is 10.1. The molecule has 0 saturated carbocycles. The molecule has 0 aliphatic carbocycles. The number of amides is 1. The van der Waals surface area contributed by atoms with Crippen LogP contribution in [0.2, 0.25) is 0 Å². The van der Waals surface area contributed by atoms with Gasteiger partial charge in [-0.05, 0) is 36.6 Å². The number of hydrogen-bond acceptors (Lipinski definition) is 5. The summed E-state index contributed by atoms with van der Waals surface area (Å²) in [4.78, 5) is 41.4. The Morgan fingerprint density at radius 2 is 1.96 bits per heavy atom. The number of fused-ring (bicyclic) bond motifs is 1. The van der Waals surface area contributed by atoms with Crippen LogP contribution in [0, 0.1) is 0 Å². The van der Waals surface area contributed by atoms with Crippen LogP contribution in [0.3, 0.4) is 0 Å². The molecule has 0 unspecified atom stereocenters. The number of para-hydroxylation sites is 1. The zero-order valence-electron chi connectivity index (χ0n) is 14.4. The number of hydrogen-bond donors (Lipinski definition) is 1. The molecule has 0 aliphatic heterocycles. The average molecular weight is 367 g/mol. The van der Waals surface area contributed by atoms with Gasteiger partial charge in [-0.3, -0.25) is 19.0 Å². The number of thioether (sulfide) groups is 1. The Morgan fingerprint density at radius 3 is 2.69 bits per heavy atom. The predicted molar refractivity (Wildman–Crippen MR) is 103 cm³/mol. The summed E-state index contributed by atoms with van der Waals surface area (Å²) >= 11 is 1.43. The van der Waals surface area contributed by atoms with E-state index in [0.29, 0.717) is 22.2 Å². The summed E-state index contributed by atoms with van der Waals surface area (Å²) in [6.45, 7) is 1.34. The van der Waals surface area contributed by atoms with Gasteiger partial charge in [-0.2, -0.15) is 0 Å². The van der Waals surface area contributed by atoms with E-state index in [1.54, 1.807) is 36.4 Å². The molecule has 1 heterocycles. The first kappa shape index (κ1) is 17.9. The largest absolute Gasteiger partial charge is 0.325 e. The summed E-state index contributed by atoms with van der Waals surface area (Å²) in [5.41, 5.74) is 1.49. The Hall–Kier alpha value is -2.93. The summed E-state index contributed by atoms with van der Waals surface area (Å²) in [5.74, 6) is -0.373. The Labute approximate surface area is 154 Å². The van der Waals surface area contributed by atoms with Crippen LogP contribution in [-0.2, 0) is 11.3 Å². The molecular formula is C19H17N3O3S. The first-order valence-corrected chi connectivity index (χ1v) is 9.15. The summed E-state index contributed by atoms with van der Waals surface area (Å²) in [5, 5.41) is 3.21. The Kier molecular flexibility index (Phi) is 5.18. The summed E-state index contributed by atoms with van der Waals surface area (Å²) in [7, 11) is 0. The number of rotatable bonds is 5. The maximum atomic E-state index is 12.6. The zero-order valence-corrected chi connectivity index (χ0v) is 15.2. The summed E-state index contributed by atoms with van der Waals surface area (Å²) < 4.78 is 1.31. The van der Waals surface area contributed by atoms with E-state index in [2.05, 4.69) is 10.3 Å². The van der Waals surface area contributed by atoms with Crippen molar-refractivity contribution in [2.75, 3.05) is 11.6 Å². The highest BCUT2D eigenvalue weighted by atomic mass is 32.2. The van der Waals surface area contributed by atoms with Crippen LogP contribution in [-0.4, -0.2) is 27.5 Å². The highest BCUT2D eigenvalue weighted by Crippen LogP contribution is 2.27. The number of nitrogens with zero attached hydrogens (tertiary/aromatic N) is 2. The third-order valence-corrected chi connectivity index (χ3v) is 4.66. The van der Waals surface area contributed by atoms with Crippen molar-refractivity contribution in [3.05, 3.63) is 64.7 Å². The fourth-order valence-electron chi connectivity index (χ4n) is 2.62. The topological polar surface area (TPSA) is 81.1 Å². The van der Waals surface area contributed by atoms with E-state index in [-0.39, 0.29) is 23.8 Å². The van der Waals surface area contributed by atoms with E-state index in [1.165, 1.54) is 29.6 Å². The molecule has 7 heteroatoms. The van der Waals surface area contributed by atoms with Crippen LogP contribution >= 0.6 is 11.8 Å². The Bertz CT molecular complexity index is 1060. The van der Waals surface area contributed by atoms with Crippen LogP contribution in [0.15, 0.2) is 58.5 Å². The van der Waals surface area contributed by atoms with E-state index in [1.807, 2.05) is 12.3 Å². The lowest BCUT2D eigenvalue weighted by Crippen LogP contribution is -2.24. The second kappa shape index (κ2) is 7.53. The second-order valence-electron chi connectivity index (χ2n) is 5.71. The number of Topliss-reactive ketones (excluding diaryl/α,β-unsaturated/α-hetero) is 1. The molecule has 1 aromatic heterocycles. The number of ketones is 1. The minimum absolute atomic E-state index is 0.0933. The number of benzene rings is 2. The molecule has 26 heavy (non-hydrogen) atoms. The van der Waals surface area contributed by atoms with Crippen molar-refractivity contribution in [3.8, 4) is 0 Å². The molecule has 0 saturated heterocycles. The van der Waals surface area contributed by atoms with E-state index >= 15 is 0 Å². The van der Waals surface area contributed by atoms with Crippen molar-refractivity contribution in [2.45, 2.75) is 18.4 Å². The maximum absolute atomic E-state index is 12.6. The highest BCUT2D eigenvalue weighted by molar-refractivity contribution is 7.98. The standard InChI is InChI=1S/C19H17N3O3S/c1-12(23)21-16-8-7-13(9-18(16)26-2)17(24)10-22-11-20-15-6-4-3-5-14(15)19(22)25/h3-9,11H,10H2,1-2H3,(H,21,23). The first-order valence-electron chi connectivity index (χ1n) is 7.92. The fraction of sp³-hybridized carbons (Fsp3) is 0.158. The van der Waals surface area contributed by atoms with Gasteiger partial charge >= 0.3 is 0 Å². The number of nitrogens with one attached hydrogen (secondary N) is 1. The molecular weight excluding hydrogens is 350 g/mol. The molecule has 0 aliphatic rings. The predicted octanol–water partition coefficient (Wildman–Crippen LogP) is 2.96. The number of carbonyl (C=O) groups excluding carboxylic acids is 2. The number of carbonyl (C=O) groups is 2. The van der Waals surface area contributed by atoms with Crippen LogP contribution in [0.25, 0.3) is 10.9 Å². The van der Waals surface area contributed by atoms with Gasteiger partial charge in [0.1, 0.15) is 0 Å². The Morgan fingerprint density at radius 1 is 1.19 bits per heavy atom. The van der Waals surface area contributed by atoms with Gasteiger partial charge in [-0.25, -0.2) is 4.98 Å². The van der Waals surface area contributed by atoms with Gasteiger partial charge in [0, 0.05) is 17.4 Å². The van der Waals surface area contributed by atoms with Crippen molar-refractivity contribution >= 4 is 40.0 Å². The zero-order chi connectivity index (χ0) is 18.7. The number of anilines is 1. The van der Waals surface area contributed by atoms with Crippen molar-refractivity contribution in [3.63, 3.8) is 0 Å². The molecule has 3 aromatic rings. The molecule has 1 N–H and O–H groups in total. The summed E-state index contributed by atoms with van der Waals surface area (Å²) in [6, 6.07) is 12.1. The molecule has 0 radical (unpaired) electrons. The van der Waals surface area contributed by atoms with Crippen LogP contribution < -0.4 is 10.9 Å². The quantitative estimate of drug-likeness (QED) is 0.554. The van der Waals surface area contributed by atoms with Crippen molar-refractivity contribution in [2.24, 2.45) is 0 Å². The van der Waals surface area contributed by atoms with Gasteiger partial charge in [-0.1, -0.05) is 12.1 Å². The van der Waals surface area contributed by atoms with Gasteiger partial charge in [0.2, 0.25) is 5.91 Å². The molecule has 3 rings (SSSR count). The summed E-state index contributed by atoms with van der Waals surface area (Å²) in [6.07, 6.45) is 3.26. The van der Waals surface area contributed by atoms with E-state index in [9.17, 15) is 14.4 Å². The van der Waals surface area contributed by atoms with Gasteiger partial charge in [0.05, 0.1) is 29.5 Å². The SMILES string of the molecule is CSc1cc(C(=O)Cn2cnc3ccccc3c2=O)ccc1NC(C)=O. The minimum atomic E-state index is -0.246. The van der Waals surface area contributed by atoms with Crippen molar-refractivity contribution in [1.82, 2.24) is 9.55 Å². The molecule has 1 amide bonds. The normalized spacial score (nSPS) is 10.7. The number of aromatic nitrogens is 2. The van der Waals surface area contributed by atoms with Gasteiger partial charge in [0.15, 0.2) is 5.78 Å². The second-order valence-corrected chi connectivity index (χ2v) is 6.56. The lowest BCUT2D eigenvalue weighted by Gasteiger charge is -2.11. The van der Waals surface area contributed by atoms with Crippen molar-refractivity contribution in [1.29, 1.82) is 0 Å². The Balaban J connectivity index is 1.90. The monoisotopic (exact) mass is 367 g/mol. The molecule has 2 aromatic carbocycles. The fourth-order valence-corrected chi connectivity index (χ4v) is 3.21. The lowest BCUT2D eigenvalue weighted by molar-refractivity contribution is -0.114. The van der Waals surface area contributed by atoms with Crippen LogP contribution in [0.5, 0.6) is 0 Å². The third-order valence-electron chi connectivity index (χ3n) is 3.88. The maximum Gasteiger partial charge on any atom is 0.261 e. The average Bonchev–Trinajstić information content (AvgIpc) is 2.64. The molecule has 0 atom stereocenters. The molecule has 0 fully saturated rings. The van der Waals surface area contributed by atoms with Crippen LogP contribution in [0.1, 0.15) is 17.3 Å². The third kappa shape index (κ3) is 3.67. The van der Waals surface area contributed by atoms with Crippen LogP contribution in [0.4, 0.5) is 5.69 Å². The van der Waals surface area contributed by atoms with Gasteiger partial charge in [0.25, 0.3) is 5.56 Å². The van der Waals surface area contributed by atoms with E-state index < -0.39 is 0 Å². The van der Waals surface area contributed by atoms with E-state index in [4.69, 9.17) is 0 Å². The first-order chi connectivity index (χ1) is 12.5. The minimum Gasteiger partial charge on any atom is -0.325 e. The highest BCUT2D eigenvalue weighted by Gasteiger charge is 2.13. The van der Waals surface area contributed by atoms with E-state index in [0.717, 1.165) is 4.90 Å². The molecule has 0 spiro atoms. The smallest absolute Gasteiger partial charge is 0.261 e. The molecule has 0 bridgehead atoms. The molecule has 132 valence electrons.